The van der Waals surface area contributed by atoms with Gasteiger partial charge in [0.05, 0.1) is 0 Å². The number of rotatable bonds is 5. The molecular formula is C17H28N2. The second-order valence-corrected chi connectivity index (χ2v) is 6.77. The Kier molecular flexibility index (Phi) is 5.00. The molecule has 1 heterocycles. The number of benzene rings is 1. The minimum absolute atomic E-state index is 0.251. The molecule has 1 aromatic rings. The van der Waals surface area contributed by atoms with Gasteiger partial charge in [0.1, 0.15) is 0 Å². The molecule has 0 amide bonds. The summed E-state index contributed by atoms with van der Waals surface area (Å²) in [4.78, 5) is 0. The van der Waals surface area contributed by atoms with Gasteiger partial charge < -0.3 is 10.6 Å². The summed E-state index contributed by atoms with van der Waals surface area (Å²) < 4.78 is 0. The van der Waals surface area contributed by atoms with E-state index < -0.39 is 0 Å². The van der Waals surface area contributed by atoms with E-state index in [2.05, 4.69) is 55.7 Å². The van der Waals surface area contributed by atoms with Gasteiger partial charge in [0, 0.05) is 6.54 Å². The largest absolute Gasteiger partial charge is 0.316 e. The van der Waals surface area contributed by atoms with Crippen molar-refractivity contribution in [1.29, 1.82) is 0 Å². The Labute approximate surface area is 118 Å². The normalized spacial score (nSPS) is 19.8. The molecule has 0 aromatic heterocycles. The van der Waals surface area contributed by atoms with E-state index in [1.807, 2.05) is 0 Å². The van der Waals surface area contributed by atoms with Crippen molar-refractivity contribution in [3.8, 4) is 0 Å². The van der Waals surface area contributed by atoms with Crippen molar-refractivity contribution in [2.45, 2.75) is 45.6 Å². The Balaban J connectivity index is 1.71. The Morgan fingerprint density at radius 2 is 1.95 bits per heavy atom. The maximum atomic E-state index is 3.56. The molecule has 1 aliphatic heterocycles. The third-order valence-corrected chi connectivity index (χ3v) is 4.04. The van der Waals surface area contributed by atoms with E-state index in [4.69, 9.17) is 0 Å². The molecule has 0 spiro atoms. The standard InChI is InChI=1S/C17H28N2/c1-17(2,3)16-6-4-14(5-7-16)12-18-10-8-15-9-11-19-13-15/h4-7,15,18-19H,8-13H2,1-3H3. The molecule has 0 saturated carbocycles. The molecule has 1 saturated heterocycles. The first-order valence-electron chi connectivity index (χ1n) is 7.56. The van der Waals surface area contributed by atoms with E-state index in [-0.39, 0.29) is 5.41 Å². The fourth-order valence-corrected chi connectivity index (χ4v) is 2.62. The number of hydrogen-bond donors (Lipinski definition) is 2. The SMILES string of the molecule is CC(C)(C)c1ccc(CNCCC2CCNC2)cc1. The van der Waals surface area contributed by atoms with E-state index in [0.29, 0.717) is 0 Å². The number of nitrogens with one attached hydrogen (secondary N) is 2. The quantitative estimate of drug-likeness (QED) is 0.795. The van der Waals surface area contributed by atoms with Crippen molar-refractivity contribution in [2.75, 3.05) is 19.6 Å². The summed E-state index contributed by atoms with van der Waals surface area (Å²) in [5, 5.41) is 6.98. The smallest absolute Gasteiger partial charge is 0.0205 e. The van der Waals surface area contributed by atoms with Crippen molar-refractivity contribution < 1.29 is 0 Å². The highest BCUT2D eigenvalue weighted by molar-refractivity contribution is 5.27. The zero-order valence-corrected chi connectivity index (χ0v) is 12.6. The first-order chi connectivity index (χ1) is 9.05. The minimum Gasteiger partial charge on any atom is -0.316 e. The third-order valence-electron chi connectivity index (χ3n) is 4.04. The second-order valence-electron chi connectivity index (χ2n) is 6.77. The van der Waals surface area contributed by atoms with Crippen LogP contribution in [0.5, 0.6) is 0 Å². The average Bonchev–Trinajstić information content (AvgIpc) is 2.87. The molecule has 106 valence electrons. The lowest BCUT2D eigenvalue weighted by molar-refractivity contribution is 0.500. The predicted octanol–water partition coefficient (Wildman–Crippen LogP) is 3.07. The number of hydrogen-bond acceptors (Lipinski definition) is 2. The van der Waals surface area contributed by atoms with Crippen LogP contribution in [-0.4, -0.2) is 19.6 Å². The average molecular weight is 260 g/mol. The van der Waals surface area contributed by atoms with Crippen molar-refractivity contribution in [3.63, 3.8) is 0 Å². The van der Waals surface area contributed by atoms with Crippen molar-refractivity contribution in [2.24, 2.45) is 5.92 Å². The molecule has 2 rings (SSSR count). The summed E-state index contributed by atoms with van der Waals surface area (Å²) in [6, 6.07) is 9.03. The molecule has 0 radical (unpaired) electrons. The molecule has 0 bridgehead atoms. The first-order valence-corrected chi connectivity index (χ1v) is 7.56. The van der Waals surface area contributed by atoms with Crippen LogP contribution in [0, 0.1) is 5.92 Å². The van der Waals surface area contributed by atoms with Crippen molar-refractivity contribution in [3.05, 3.63) is 35.4 Å². The van der Waals surface area contributed by atoms with E-state index in [0.717, 1.165) is 19.0 Å². The lowest BCUT2D eigenvalue weighted by atomic mass is 9.87. The second kappa shape index (κ2) is 6.53. The molecule has 2 nitrogen and oxygen atoms in total. The molecule has 1 unspecified atom stereocenters. The maximum Gasteiger partial charge on any atom is 0.0205 e. The van der Waals surface area contributed by atoms with E-state index in [1.54, 1.807) is 0 Å². The van der Waals surface area contributed by atoms with Gasteiger partial charge in [-0.25, -0.2) is 0 Å². The van der Waals surface area contributed by atoms with Gasteiger partial charge in [-0.1, -0.05) is 45.0 Å². The van der Waals surface area contributed by atoms with Gasteiger partial charge in [-0.2, -0.15) is 0 Å². The highest BCUT2D eigenvalue weighted by atomic mass is 14.9. The van der Waals surface area contributed by atoms with Crippen molar-refractivity contribution >= 4 is 0 Å². The van der Waals surface area contributed by atoms with Gasteiger partial charge in [-0.15, -0.1) is 0 Å². The summed E-state index contributed by atoms with van der Waals surface area (Å²) in [7, 11) is 0. The molecule has 19 heavy (non-hydrogen) atoms. The predicted molar refractivity (Wildman–Crippen MR) is 82.4 cm³/mol. The Morgan fingerprint density at radius 3 is 2.53 bits per heavy atom. The monoisotopic (exact) mass is 260 g/mol. The van der Waals surface area contributed by atoms with Gasteiger partial charge in [0.15, 0.2) is 0 Å². The Morgan fingerprint density at radius 1 is 1.21 bits per heavy atom. The molecule has 1 aromatic carbocycles. The minimum atomic E-state index is 0.251. The van der Waals surface area contributed by atoms with Crippen LogP contribution >= 0.6 is 0 Å². The van der Waals surface area contributed by atoms with Gasteiger partial charge in [0.25, 0.3) is 0 Å². The first kappa shape index (κ1) is 14.5. The zero-order valence-electron chi connectivity index (χ0n) is 12.6. The highest BCUT2D eigenvalue weighted by Crippen LogP contribution is 2.22. The van der Waals surface area contributed by atoms with Gasteiger partial charge >= 0.3 is 0 Å². The highest BCUT2D eigenvalue weighted by Gasteiger charge is 2.14. The van der Waals surface area contributed by atoms with Crippen LogP contribution in [0.25, 0.3) is 0 Å². The van der Waals surface area contributed by atoms with Crippen LogP contribution in [0.4, 0.5) is 0 Å². The molecule has 2 N–H and O–H groups in total. The van der Waals surface area contributed by atoms with Crippen LogP contribution in [0.2, 0.25) is 0 Å². The summed E-state index contributed by atoms with van der Waals surface area (Å²) in [5.41, 5.74) is 3.05. The zero-order chi connectivity index (χ0) is 13.7. The molecule has 2 heteroatoms. The lowest BCUT2D eigenvalue weighted by Crippen LogP contribution is -2.19. The molecular weight excluding hydrogens is 232 g/mol. The van der Waals surface area contributed by atoms with Crippen LogP contribution < -0.4 is 10.6 Å². The van der Waals surface area contributed by atoms with Crippen LogP contribution in [0.3, 0.4) is 0 Å². The van der Waals surface area contributed by atoms with E-state index >= 15 is 0 Å². The molecule has 0 aliphatic carbocycles. The van der Waals surface area contributed by atoms with Gasteiger partial charge in [-0.3, -0.25) is 0 Å². The van der Waals surface area contributed by atoms with Crippen LogP contribution in [0.15, 0.2) is 24.3 Å². The maximum absolute atomic E-state index is 3.56. The van der Waals surface area contributed by atoms with E-state index in [9.17, 15) is 0 Å². The van der Waals surface area contributed by atoms with Gasteiger partial charge in [-0.05, 0) is 54.9 Å². The molecule has 1 aliphatic rings. The summed E-state index contributed by atoms with van der Waals surface area (Å²) >= 11 is 0. The Hall–Kier alpha value is -0.860. The molecule has 1 atom stereocenters. The summed E-state index contributed by atoms with van der Waals surface area (Å²) in [5.74, 6) is 0.885. The van der Waals surface area contributed by atoms with Gasteiger partial charge in [0.2, 0.25) is 0 Å². The summed E-state index contributed by atoms with van der Waals surface area (Å²) in [6.45, 7) is 11.3. The fourth-order valence-electron chi connectivity index (χ4n) is 2.62. The fraction of sp³-hybridized carbons (Fsp3) is 0.647. The van der Waals surface area contributed by atoms with Crippen LogP contribution in [0.1, 0.15) is 44.7 Å². The molecule has 1 fully saturated rings. The van der Waals surface area contributed by atoms with Crippen LogP contribution in [-0.2, 0) is 12.0 Å². The summed E-state index contributed by atoms with van der Waals surface area (Å²) in [6.07, 6.45) is 2.65. The lowest BCUT2D eigenvalue weighted by Gasteiger charge is -2.19. The third kappa shape index (κ3) is 4.63. The Bertz CT molecular complexity index is 369. The van der Waals surface area contributed by atoms with E-state index in [1.165, 1.54) is 37.1 Å². The van der Waals surface area contributed by atoms with Crippen molar-refractivity contribution in [1.82, 2.24) is 10.6 Å². The topological polar surface area (TPSA) is 24.1 Å².